The summed E-state index contributed by atoms with van der Waals surface area (Å²) < 4.78 is 2.02. The number of hydrogen-bond acceptors (Lipinski definition) is 4. The second kappa shape index (κ2) is 4.97. The molecule has 5 heteroatoms. The lowest BCUT2D eigenvalue weighted by Crippen LogP contribution is -2.30. The van der Waals surface area contributed by atoms with Crippen LogP contribution in [0.4, 0.5) is 0 Å². The highest BCUT2D eigenvalue weighted by molar-refractivity contribution is 7.15. The van der Waals surface area contributed by atoms with E-state index in [4.69, 9.17) is 4.98 Å². The number of nitrogens with zero attached hydrogens (tertiary/aromatic N) is 3. The molecule has 4 nitrogen and oxygen atoms in total. The van der Waals surface area contributed by atoms with Gasteiger partial charge in [0.25, 0.3) is 0 Å². The van der Waals surface area contributed by atoms with Gasteiger partial charge in [0, 0.05) is 23.7 Å². The molecule has 1 unspecified atom stereocenters. The van der Waals surface area contributed by atoms with E-state index in [9.17, 15) is 0 Å². The van der Waals surface area contributed by atoms with Gasteiger partial charge in [-0.25, -0.2) is 4.98 Å². The maximum absolute atomic E-state index is 4.91. The lowest BCUT2D eigenvalue weighted by Gasteiger charge is -2.34. The summed E-state index contributed by atoms with van der Waals surface area (Å²) >= 11 is 1.82. The molecule has 0 saturated heterocycles. The Labute approximate surface area is 124 Å². The Balaban J connectivity index is 2.04. The van der Waals surface area contributed by atoms with Crippen LogP contribution in [0.15, 0.2) is 12.3 Å². The van der Waals surface area contributed by atoms with Crippen LogP contribution in [-0.4, -0.2) is 21.8 Å². The van der Waals surface area contributed by atoms with Crippen LogP contribution in [0.1, 0.15) is 43.8 Å². The van der Waals surface area contributed by atoms with Crippen molar-refractivity contribution in [3.63, 3.8) is 0 Å². The van der Waals surface area contributed by atoms with Crippen LogP contribution in [-0.2, 0) is 13.0 Å². The summed E-state index contributed by atoms with van der Waals surface area (Å²) in [6, 6.07) is 2.49. The van der Waals surface area contributed by atoms with Crippen LogP contribution < -0.4 is 5.32 Å². The summed E-state index contributed by atoms with van der Waals surface area (Å²) in [7, 11) is 2.05. The van der Waals surface area contributed by atoms with E-state index < -0.39 is 0 Å². The lowest BCUT2D eigenvalue weighted by atomic mass is 9.76. The molecule has 0 aliphatic heterocycles. The molecule has 0 saturated carbocycles. The molecular formula is C15H22N4S. The maximum atomic E-state index is 4.91. The Morgan fingerprint density at radius 2 is 2.30 bits per heavy atom. The smallest absolute Gasteiger partial charge is 0.142 e. The fourth-order valence-corrected chi connectivity index (χ4v) is 4.26. The van der Waals surface area contributed by atoms with E-state index in [1.54, 1.807) is 0 Å². The first-order valence-electron chi connectivity index (χ1n) is 7.23. The minimum atomic E-state index is 0.316. The first kappa shape index (κ1) is 13.8. The van der Waals surface area contributed by atoms with Crippen LogP contribution in [0.3, 0.4) is 0 Å². The number of thiazole rings is 1. The highest BCUT2D eigenvalue weighted by Gasteiger charge is 2.34. The standard InChI is InChI=1S/C15H22N4S/c1-5-19-12(6-7-17-19)14-18-11-9-15(2,3)8-10(16-4)13(11)20-14/h6-7,10,16H,5,8-9H2,1-4H3. The maximum Gasteiger partial charge on any atom is 0.142 e. The predicted octanol–water partition coefficient (Wildman–Crippen LogP) is 3.26. The Morgan fingerprint density at radius 1 is 1.50 bits per heavy atom. The van der Waals surface area contributed by atoms with Gasteiger partial charge >= 0.3 is 0 Å². The molecule has 3 rings (SSSR count). The van der Waals surface area contributed by atoms with Gasteiger partial charge in [-0.05, 0) is 38.3 Å². The van der Waals surface area contributed by atoms with Crippen molar-refractivity contribution in [2.75, 3.05) is 7.05 Å². The van der Waals surface area contributed by atoms with Gasteiger partial charge in [0.1, 0.15) is 5.01 Å². The molecule has 0 radical (unpaired) electrons. The molecule has 0 spiro atoms. The Kier molecular flexibility index (Phi) is 3.42. The van der Waals surface area contributed by atoms with Crippen molar-refractivity contribution in [1.82, 2.24) is 20.1 Å². The number of rotatable bonds is 3. The quantitative estimate of drug-likeness (QED) is 0.943. The largest absolute Gasteiger partial charge is 0.312 e. The van der Waals surface area contributed by atoms with Crippen LogP contribution in [0.2, 0.25) is 0 Å². The van der Waals surface area contributed by atoms with Crippen molar-refractivity contribution in [2.45, 2.75) is 46.2 Å². The van der Waals surface area contributed by atoms with E-state index in [2.05, 4.69) is 37.3 Å². The normalized spacial score (nSPS) is 20.9. The molecule has 0 bridgehead atoms. The van der Waals surface area contributed by atoms with Gasteiger partial charge in [-0.2, -0.15) is 5.10 Å². The number of hydrogen-bond donors (Lipinski definition) is 1. The van der Waals surface area contributed by atoms with E-state index in [0.717, 1.165) is 23.7 Å². The van der Waals surface area contributed by atoms with Crippen molar-refractivity contribution in [3.05, 3.63) is 22.8 Å². The molecule has 1 aliphatic carbocycles. The molecular weight excluding hydrogens is 268 g/mol. The summed E-state index contributed by atoms with van der Waals surface area (Å²) in [5.74, 6) is 0. The molecule has 0 fully saturated rings. The molecule has 1 aliphatic rings. The summed E-state index contributed by atoms with van der Waals surface area (Å²) in [6.07, 6.45) is 4.10. The van der Waals surface area contributed by atoms with Gasteiger partial charge in [-0.3, -0.25) is 4.68 Å². The van der Waals surface area contributed by atoms with Crippen molar-refractivity contribution >= 4 is 11.3 Å². The van der Waals surface area contributed by atoms with Gasteiger partial charge in [-0.1, -0.05) is 13.8 Å². The molecule has 2 aromatic rings. The van der Waals surface area contributed by atoms with Crippen molar-refractivity contribution in [3.8, 4) is 10.7 Å². The highest BCUT2D eigenvalue weighted by Crippen LogP contribution is 2.44. The topological polar surface area (TPSA) is 42.7 Å². The third kappa shape index (κ3) is 2.29. The van der Waals surface area contributed by atoms with Crippen molar-refractivity contribution in [2.24, 2.45) is 5.41 Å². The van der Waals surface area contributed by atoms with Crippen LogP contribution in [0, 0.1) is 5.41 Å². The van der Waals surface area contributed by atoms with Gasteiger partial charge in [0.15, 0.2) is 0 Å². The molecule has 20 heavy (non-hydrogen) atoms. The molecule has 1 atom stereocenters. The highest BCUT2D eigenvalue weighted by atomic mass is 32.1. The van der Waals surface area contributed by atoms with E-state index >= 15 is 0 Å². The molecule has 1 N–H and O–H groups in total. The zero-order valence-electron chi connectivity index (χ0n) is 12.6. The van der Waals surface area contributed by atoms with Crippen LogP contribution in [0.5, 0.6) is 0 Å². The predicted molar refractivity (Wildman–Crippen MR) is 82.9 cm³/mol. The molecule has 108 valence electrons. The van der Waals surface area contributed by atoms with Gasteiger partial charge in [0.05, 0.1) is 11.4 Å². The van der Waals surface area contributed by atoms with Gasteiger partial charge < -0.3 is 5.32 Å². The van der Waals surface area contributed by atoms with Gasteiger partial charge in [-0.15, -0.1) is 11.3 Å². The third-order valence-electron chi connectivity index (χ3n) is 4.03. The minimum Gasteiger partial charge on any atom is -0.312 e. The zero-order valence-corrected chi connectivity index (χ0v) is 13.4. The summed E-state index contributed by atoms with van der Waals surface area (Å²) in [5, 5.41) is 8.91. The molecule has 0 aromatic carbocycles. The van der Waals surface area contributed by atoms with E-state index in [-0.39, 0.29) is 0 Å². The minimum absolute atomic E-state index is 0.316. The Morgan fingerprint density at radius 3 is 3.00 bits per heavy atom. The molecule has 2 heterocycles. The fraction of sp³-hybridized carbons (Fsp3) is 0.600. The van der Waals surface area contributed by atoms with Crippen molar-refractivity contribution in [1.29, 1.82) is 0 Å². The zero-order chi connectivity index (χ0) is 14.3. The second-order valence-corrected chi connectivity index (χ2v) is 7.28. The average Bonchev–Trinajstić information content (AvgIpc) is 3.01. The monoisotopic (exact) mass is 290 g/mol. The summed E-state index contributed by atoms with van der Waals surface area (Å²) in [5.41, 5.74) is 2.72. The fourth-order valence-electron chi connectivity index (χ4n) is 3.04. The summed E-state index contributed by atoms with van der Waals surface area (Å²) in [4.78, 5) is 6.32. The average molecular weight is 290 g/mol. The first-order valence-corrected chi connectivity index (χ1v) is 8.05. The van der Waals surface area contributed by atoms with Gasteiger partial charge in [0.2, 0.25) is 0 Å². The van der Waals surface area contributed by atoms with Crippen LogP contribution in [0.25, 0.3) is 10.7 Å². The van der Waals surface area contributed by atoms with Crippen LogP contribution >= 0.6 is 11.3 Å². The molecule has 0 amide bonds. The first-order chi connectivity index (χ1) is 9.54. The summed E-state index contributed by atoms with van der Waals surface area (Å²) in [6.45, 7) is 7.66. The number of fused-ring (bicyclic) bond motifs is 1. The SMILES string of the molecule is CCn1nccc1-c1nc2c(s1)C(NC)CC(C)(C)C2. The Hall–Kier alpha value is -1.20. The molecule has 2 aromatic heterocycles. The lowest BCUT2D eigenvalue weighted by molar-refractivity contribution is 0.265. The van der Waals surface area contributed by atoms with Crippen molar-refractivity contribution < 1.29 is 0 Å². The number of aryl methyl sites for hydroxylation is 1. The van der Waals surface area contributed by atoms with E-state index in [1.807, 2.05) is 29.3 Å². The third-order valence-corrected chi connectivity index (χ3v) is 5.26. The number of aromatic nitrogens is 3. The Bertz CT molecular complexity index is 611. The second-order valence-electron chi connectivity index (χ2n) is 6.25. The van der Waals surface area contributed by atoms with E-state index in [0.29, 0.717) is 11.5 Å². The van der Waals surface area contributed by atoms with E-state index in [1.165, 1.54) is 17.0 Å². The number of nitrogens with one attached hydrogen (secondary N) is 1.